The van der Waals surface area contributed by atoms with Crippen LogP contribution in [0.4, 0.5) is 0 Å². The van der Waals surface area contributed by atoms with Crippen LogP contribution in [-0.4, -0.2) is 79.2 Å². The number of ether oxygens (including phenoxy) is 1. The first kappa shape index (κ1) is 30.7. The molecule has 4 heterocycles. The zero-order chi connectivity index (χ0) is 32.9. The maximum atomic E-state index is 15.0. The molecule has 48 heavy (non-hydrogen) atoms. The molecule has 9 rings (SSSR count). The number of fused-ring (bicyclic) bond motifs is 9. The van der Waals surface area contributed by atoms with Crippen LogP contribution >= 0.6 is 0 Å². The van der Waals surface area contributed by atoms with Crippen molar-refractivity contribution in [3.8, 4) is 17.0 Å². The van der Waals surface area contributed by atoms with E-state index >= 15 is 4.79 Å². The van der Waals surface area contributed by atoms with Crippen LogP contribution in [0.2, 0.25) is 0 Å². The maximum Gasteiger partial charge on any atom is 0.264 e. The van der Waals surface area contributed by atoms with Crippen molar-refractivity contribution >= 4 is 32.7 Å². The van der Waals surface area contributed by atoms with E-state index in [4.69, 9.17) is 4.74 Å². The summed E-state index contributed by atoms with van der Waals surface area (Å²) < 4.78 is 36.4. The van der Waals surface area contributed by atoms with Crippen molar-refractivity contribution < 1.29 is 22.7 Å². The van der Waals surface area contributed by atoms with Gasteiger partial charge in [0, 0.05) is 59.7 Å². The van der Waals surface area contributed by atoms with Crippen LogP contribution in [-0.2, 0) is 21.4 Å². The van der Waals surface area contributed by atoms with Gasteiger partial charge >= 0.3 is 0 Å². The first-order valence-corrected chi connectivity index (χ1v) is 19.6. The Morgan fingerprint density at radius 2 is 1.67 bits per heavy atom. The number of sulfonamides is 1. The normalized spacial score (nSPS) is 28.6. The summed E-state index contributed by atoms with van der Waals surface area (Å²) in [6.07, 6.45) is 10.8. The molecular formula is C38H46N4O5S. The fourth-order valence-corrected chi connectivity index (χ4v) is 11.6. The van der Waals surface area contributed by atoms with E-state index in [1.165, 1.54) is 30.4 Å². The molecule has 2 aromatic carbocycles. The predicted molar refractivity (Wildman–Crippen MR) is 185 cm³/mol. The summed E-state index contributed by atoms with van der Waals surface area (Å²) in [4.78, 5) is 33.2. The molecule has 0 radical (unpaired) electrons. The van der Waals surface area contributed by atoms with Gasteiger partial charge in [0.1, 0.15) is 5.75 Å². The molecule has 9 nitrogen and oxygen atoms in total. The Morgan fingerprint density at radius 3 is 2.35 bits per heavy atom. The van der Waals surface area contributed by atoms with E-state index in [1.54, 1.807) is 13.2 Å². The molecular weight excluding hydrogens is 625 g/mol. The zero-order valence-corrected chi connectivity index (χ0v) is 28.9. The average molecular weight is 671 g/mol. The number of likely N-dealkylation sites (N-methyl/N-ethyl adjacent to an activating group) is 1. The van der Waals surface area contributed by atoms with Crippen LogP contribution in [0.5, 0.6) is 5.75 Å². The minimum Gasteiger partial charge on any atom is -0.497 e. The van der Waals surface area contributed by atoms with Gasteiger partial charge in [-0.2, -0.15) is 0 Å². The highest BCUT2D eigenvalue weighted by molar-refractivity contribution is 7.90. The molecule has 0 spiro atoms. The molecule has 1 N–H and O–H groups in total. The minimum atomic E-state index is -3.72. The lowest BCUT2D eigenvalue weighted by molar-refractivity contribution is -0.143. The maximum absolute atomic E-state index is 15.0. The van der Waals surface area contributed by atoms with Crippen LogP contribution in [0.15, 0.2) is 36.4 Å². The lowest BCUT2D eigenvalue weighted by atomic mass is 9.81. The van der Waals surface area contributed by atoms with Gasteiger partial charge < -0.3 is 19.1 Å². The van der Waals surface area contributed by atoms with E-state index in [9.17, 15) is 13.2 Å². The van der Waals surface area contributed by atoms with Crippen molar-refractivity contribution in [2.45, 2.75) is 106 Å². The highest BCUT2D eigenvalue weighted by Gasteiger charge is 2.65. The van der Waals surface area contributed by atoms with E-state index in [0.717, 1.165) is 79.5 Å². The largest absolute Gasteiger partial charge is 0.497 e. The Kier molecular flexibility index (Phi) is 7.07. The highest BCUT2D eigenvalue weighted by atomic mass is 32.2. The molecule has 10 heteroatoms. The van der Waals surface area contributed by atoms with Gasteiger partial charge in [-0.1, -0.05) is 31.7 Å². The number of methoxy groups -OCH3 is 1. The van der Waals surface area contributed by atoms with Crippen LogP contribution < -0.4 is 9.46 Å². The summed E-state index contributed by atoms with van der Waals surface area (Å²) in [5.41, 5.74) is 5.50. The Morgan fingerprint density at radius 1 is 0.917 bits per heavy atom. The lowest BCUT2D eigenvalue weighted by Gasteiger charge is -2.41. The van der Waals surface area contributed by atoms with Gasteiger partial charge in [-0.05, 0) is 99.4 Å². The number of piperazine rings is 1. The molecule has 2 saturated heterocycles. The number of aromatic nitrogens is 1. The third-order valence-corrected chi connectivity index (χ3v) is 14.7. The van der Waals surface area contributed by atoms with Crippen molar-refractivity contribution in [3.63, 3.8) is 0 Å². The molecule has 3 aliphatic heterocycles. The molecule has 2 bridgehead atoms. The van der Waals surface area contributed by atoms with Gasteiger partial charge in [0.25, 0.3) is 5.91 Å². The molecule has 254 valence electrons. The van der Waals surface area contributed by atoms with E-state index in [1.807, 2.05) is 18.2 Å². The standard InChI is InChI=1S/C38H46N4O5S/c1-40-20-25-12-13-26(21-40)42(25)37(44)38-19-32(38)31-18-27(47-2)14-16-29(31)35-34(23-7-4-3-5-8-23)30-15-11-24(17-33(30)41(35)22-38)36(43)39-48(45,46)28-9-6-10-28/h11,14-18,23,25-26,28,32H,3-10,12-13,19-22H2,1-2H3,(H,39,43)/t25?,26?,32-,38?/m0/s1. The summed E-state index contributed by atoms with van der Waals surface area (Å²) in [6, 6.07) is 12.6. The predicted octanol–water partition coefficient (Wildman–Crippen LogP) is 5.77. The van der Waals surface area contributed by atoms with Gasteiger partial charge in [0.15, 0.2) is 0 Å². The topological polar surface area (TPSA) is 101 Å². The number of nitrogens with zero attached hydrogens (tertiary/aromatic N) is 3. The molecule has 1 aromatic heterocycles. The van der Waals surface area contributed by atoms with Gasteiger partial charge in [0.2, 0.25) is 15.9 Å². The molecule has 3 aliphatic carbocycles. The second-order valence-corrected chi connectivity index (χ2v) is 17.6. The number of nitrogens with one attached hydrogen (secondary N) is 1. The third-order valence-electron chi connectivity index (χ3n) is 12.8. The smallest absolute Gasteiger partial charge is 0.264 e. The quantitative estimate of drug-likeness (QED) is 0.358. The number of carbonyl (C=O) groups is 2. The number of likely N-dealkylation sites (tertiary alicyclic amines) is 1. The molecule has 2 amide bonds. The molecule has 3 aromatic rings. The lowest BCUT2D eigenvalue weighted by Crippen LogP contribution is -2.57. The van der Waals surface area contributed by atoms with Crippen LogP contribution in [0.1, 0.15) is 104 Å². The highest BCUT2D eigenvalue weighted by Crippen LogP contribution is 2.66. The second kappa shape index (κ2) is 11.1. The van der Waals surface area contributed by atoms with E-state index in [2.05, 4.69) is 38.3 Å². The summed E-state index contributed by atoms with van der Waals surface area (Å²) in [6.45, 7) is 2.38. The van der Waals surface area contributed by atoms with Gasteiger partial charge in [-0.3, -0.25) is 9.59 Å². The number of rotatable bonds is 6. The number of amides is 2. The van der Waals surface area contributed by atoms with Crippen LogP contribution in [0.3, 0.4) is 0 Å². The van der Waals surface area contributed by atoms with Crippen molar-refractivity contribution in [2.24, 2.45) is 5.41 Å². The first-order chi connectivity index (χ1) is 23.2. The van der Waals surface area contributed by atoms with Gasteiger partial charge in [-0.15, -0.1) is 0 Å². The Labute approximate surface area is 283 Å². The average Bonchev–Trinajstić information content (AvgIpc) is 3.63. The molecule has 4 atom stereocenters. The van der Waals surface area contributed by atoms with Crippen LogP contribution in [0.25, 0.3) is 22.2 Å². The van der Waals surface area contributed by atoms with E-state index in [0.29, 0.717) is 30.9 Å². The number of hydrogen-bond donors (Lipinski definition) is 1. The zero-order valence-electron chi connectivity index (χ0n) is 28.0. The van der Waals surface area contributed by atoms with E-state index in [-0.39, 0.29) is 23.9 Å². The van der Waals surface area contributed by atoms with Crippen molar-refractivity contribution in [2.75, 3.05) is 27.2 Å². The summed E-state index contributed by atoms with van der Waals surface area (Å²) in [7, 11) is 0.143. The van der Waals surface area contributed by atoms with Crippen LogP contribution in [0, 0.1) is 5.41 Å². The third kappa shape index (κ3) is 4.61. The van der Waals surface area contributed by atoms with E-state index < -0.39 is 26.6 Å². The molecule has 3 saturated carbocycles. The minimum absolute atomic E-state index is 0.0856. The monoisotopic (exact) mass is 670 g/mol. The van der Waals surface area contributed by atoms with Gasteiger partial charge in [0.05, 0.1) is 23.5 Å². The first-order valence-electron chi connectivity index (χ1n) is 18.1. The number of benzene rings is 2. The Balaban J connectivity index is 1.21. The Bertz CT molecular complexity index is 1930. The summed E-state index contributed by atoms with van der Waals surface area (Å²) >= 11 is 0. The summed E-state index contributed by atoms with van der Waals surface area (Å²) in [5.74, 6) is 0.956. The fourth-order valence-electron chi connectivity index (χ4n) is 10.1. The summed E-state index contributed by atoms with van der Waals surface area (Å²) in [5, 5.41) is 0.613. The molecule has 6 aliphatic rings. The number of hydrogen-bond acceptors (Lipinski definition) is 6. The van der Waals surface area contributed by atoms with Crippen molar-refractivity contribution in [1.82, 2.24) is 19.1 Å². The number of carbonyl (C=O) groups excluding carboxylic acids is 2. The Hall–Kier alpha value is -3.37. The SMILES string of the molecule is COc1ccc2c(c1)[C@@H]1CC1(C(=O)N1C3CCC1CN(C)C3)Cn1c-2c(C2CCCCC2)c2ccc(C(=O)NS(=O)(=O)C3CCC3)cc21. The molecule has 5 fully saturated rings. The van der Waals surface area contributed by atoms with Crippen molar-refractivity contribution in [3.05, 3.63) is 53.1 Å². The fraction of sp³-hybridized carbons (Fsp3) is 0.579. The van der Waals surface area contributed by atoms with Gasteiger partial charge in [-0.25, -0.2) is 13.1 Å². The molecule has 3 unspecified atom stereocenters. The second-order valence-electron chi connectivity index (χ2n) is 15.6. The van der Waals surface area contributed by atoms with Crippen molar-refractivity contribution in [1.29, 1.82) is 0 Å².